The SMILES string of the molecule is Nc1ncc([N+](=O)[O-])c(NCc2ccc(F)cc2F)n1. The Bertz CT molecular complexity index is 665. The maximum absolute atomic E-state index is 13.4. The van der Waals surface area contributed by atoms with Crippen molar-refractivity contribution in [2.45, 2.75) is 6.54 Å². The van der Waals surface area contributed by atoms with Gasteiger partial charge in [-0.05, 0) is 6.07 Å². The molecular formula is C11H9F2N5O2. The molecule has 2 aromatic rings. The van der Waals surface area contributed by atoms with Crippen LogP contribution in [0.5, 0.6) is 0 Å². The van der Waals surface area contributed by atoms with Crippen molar-refractivity contribution < 1.29 is 13.7 Å². The largest absolute Gasteiger partial charge is 0.368 e. The molecule has 0 unspecified atom stereocenters. The number of hydrogen-bond donors (Lipinski definition) is 2. The van der Waals surface area contributed by atoms with Crippen molar-refractivity contribution in [3.63, 3.8) is 0 Å². The summed E-state index contributed by atoms with van der Waals surface area (Å²) in [6.07, 6.45) is 0.950. The minimum absolute atomic E-state index is 0.108. The van der Waals surface area contributed by atoms with Gasteiger partial charge in [-0.1, -0.05) is 6.07 Å². The van der Waals surface area contributed by atoms with Crippen LogP contribution in [0.3, 0.4) is 0 Å². The number of halogens is 2. The molecule has 0 saturated heterocycles. The van der Waals surface area contributed by atoms with Gasteiger partial charge in [0.2, 0.25) is 11.8 Å². The summed E-state index contributed by atoms with van der Waals surface area (Å²) >= 11 is 0. The van der Waals surface area contributed by atoms with E-state index in [2.05, 4.69) is 15.3 Å². The van der Waals surface area contributed by atoms with Gasteiger partial charge in [-0.3, -0.25) is 10.1 Å². The molecule has 0 amide bonds. The van der Waals surface area contributed by atoms with Crippen LogP contribution in [-0.2, 0) is 6.54 Å². The van der Waals surface area contributed by atoms with Crippen LogP contribution in [0, 0.1) is 21.7 Å². The number of hydrogen-bond acceptors (Lipinski definition) is 6. The average molecular weight is 281 g/mol. The molecule has 1 heterocycles. The maximum atomic E-state index is 13.4. The number of anilines is 2. The van der Waals surface area contributed by atoms with Gasteiger partial charge in [0.1, 0.15) is 17.8 Å². The smallest absolute Gasteiger partial charge is 0.329 e. The zero-order valence-electron chi connectivity index (χ0n) is 10.0. The summed E-state index contributed by atoms with van der Waals surface area (Å²) in [6.45, 7) is -0.108. The number of nitrogens with one attached hydrogen (secondary N) is 1. The van der Waals surface area contributed by atoms with Gasteiger partial charge in [0.15, 0.2) is 0 Å². The van der Waals surface area contributed by atoms with E-state index in [1.165, 1.54) is 6.07 Å². The number of aromatic nitrogens is 2. The average Bonchev–Trinajstić information content (AvgIpc) is 2.37. The summed E-state index contributed by atoms with van der Waals surface area (Å²) in [4.78, 5) is 17.3. The number of nitrogen functional groups attached to an aromatic ring is 1. The highest BCUT2D eigenvalue weighted by molar-refractivity contribution is 5.56. The molecule has 0 radical (unpaired) electrons. The van der Waals surface area contributed by atoms with E-state index < -0.39 is 16.6 Å². The summed E-state index contributed by atoms with van der Waals surface area (Å²) in [5, 5.41) is 13.4. The molecule has 104 valence electrons. The molecule has 1 aromatic heterocycles. The van der Waals surface area contributed by atoms with E-state index in [0.29, 0.717) is 0 Å². The number of nitrogens with zero attached hydrogens (tertiary/aromatic N) is 3. The molecule has 1 aromatic carbocycles. The van der Waals surface area contributed by atoms with E-state index in [-0.39, 0.29) is 29.6 Å². The van der Waals surface area contributed by atoms with E-state index in [4.69, 9.17) is 5.73 Å². The minimum atomic E-state index is -0.762. The first kappa shape index (κ1) is 13.6. The molecule has 0 spiro atoms. The monoisotopic (exact) mass is 281 g/mol. The molecule has 0 fully saturated rings. The highest BCUT2D eigenvalue weighted by Gasteiger charge is 2.16. The summed E-state index contributed by atoms with van der Waals surface area (Å²) in [5.74, 6) is -1.76. The highest BCUT2D eigenvalue weighted by atomic mass is 19.1. The highest BCUT2D eigenvalue weighted by Crippen LogP contribution is 2.22. The standard InChI is InChI=1S/C11H9F2N5O2/c12-7-2-1-6(8(13)3-7)4-15-10-9(18(19)20)5-16-11(14)17-10/h1-3,5H,4H2,(H3,14,15,16,17). The van der Waals surface area contributed by atoms with Crippen molar-refractivity contribution >= 4 is 17.5 Å². The summed E-state index contributed by atoms with van der Waals surface area (Å²) in [7, 11) is 0. The van der Waals surface area contributed by atoms with E-state index >= 15 is 0 Å². The van der Waals surface area contributed by atoms with Crippen LogP contribution in [0.4, 0.5) is 26.2 Å². The topological polar surface area (TPSA) is 107 Å². The van der Waals surface area contributed by atoms with Crippen LogP contribution in [0.1, 0.15) is 5.56 Å². The lowest BCUT2D eigenvalue weighted by molar-refractivity contribution is -0.384. The molecule has 0 bridgehead atoms. The van der Waals surface area contributed by atoms with Gasteiger partial charge in [0.25, 0.3) is 0 Å². The van der Waals surface area contributed by atoms with Crippen LogP contribution in [0.25, 0.3) is 0 Å². The molecule has 0 saturated carbocycles. The Kier molecular flexibility index (Phi) is 3.69. The van der Waals surface area contributed by atoms with E-state index in [1.54, 1.807) is 0 Å². The predicted octanol–water partition coefficient (Wildman–Crippen LogP) is 1.86. The van der Waals surface area contributed by atoms with Crippen molar-refractivity contribution in [1.29, 1.82) is 0 Å². The summed E-state index contributed by atoms with van der Waals surface area (Å²) in [6, 6.07) is 3.04. The third-order valence-corrected chi connectivity index (χ3v) is 2.45. The van der Waals surface area contributed by atoms with Crippen molar-refractivity contribution in [3.05, 3.63) is 51.7 Å². The third kappa shape index (κ3) is 2.94. The van der Waals surface area contributed by atoms with Gasteiger partial charge in [-0.25, -0.2) is 13.8 Å². The molecular weight excluding hydrogens is 272 g/mol. The van der Waals surface area contributed by atoms with Gasteiger partial charge >= 0.3 is 5.69 Å². The van der Waals surface area contributed by atoms with Gasteiger partial charge in [0.05, 0.1) is 4.92 Å². The van der Waals surface area contributed by atoms with Crippen LogP contribution >= 0.6 is 0 Å². The van der Waals surface area contributed by atoms with Crippen LogP contribution in [-0.4, -0.2) is 14.9 Å². The Labute approximate surface area is 111 Å². The van der Waals surface area contributed by atoms with Crippen molar-refractivity contribution in [1.82, 2.24) is 9.97 Å². The minimum Gasteiger partial charge on any atom is -0.368 e. The first-order valence-electron chi connectivity index (χ1n) is 5.42. The molecule has 20 heavy (non-hydrogen) atoms. The second kappa shape index (κ2) is 5.43. The maximum Gasteiger partial charge on any atom is 0.329 e. The Balaban J connectivity index is 2.22. The molecule has 7 nitrogen and oxygen atoms in total. The lowest BCUT2D eigenvalue weighted by Gasteiger charge is -2.07. The van der Waals surface area contributed by atoms with Crippen molar-refractivity contribution in [3.8, 4) is 0 Å². The van der Waals surface area contributed by atoms with Crippen molar-refractivity contribution in [2.24, 2.45) is 0 Å². The first-order chi connectivity index (χ1) is 9.47. The fourth-order valence-corrected chi connectivity index (χ4v) is 1.50. The van der Waals surface area contributed by atoms with Gasteiger partial charge in [-0.2, -0.15) is 4.98 Å². The van der Waals surface area contributed by atoms with Gasteiger partial charge in [0, 0.05) is 18.2 Å². The molecule has 0 aliphatic heterocycles. The fraction of sp³-hybridized carbons (Fsp3) is 0.0909. The normalized spacial score (nSPS) is 10.3. The van der Waals surface area contributed by atoms with Gasteiger partial charge < -0.3 is 11.1 Å². The van der Waals surface area contributed by atoms with E-state index in [1.807, 2.05) is 0 Å². The first-order valence-corrected chi connectivity index (χ1v) is 5.42. The number of nitro groups is 1. The Morgan fingerprint density at radius 1 is 1.40 bits per heavy atom. The number of benzene rings is 1. The van der Waals surface area contributed by atoms with Crippen LogP contribution < -0.4 is 11.1 Å². The zero-order chi connectivity index (χ0) is 14.7. The van der Waals surface area contributed by atoms with E-state index in [0.717, 1.165) is 18.3 Å². The van der Waals surface area contributed by atoms with E-state index in [9.17, 15) is 18.9 Å². The number of rotatable bonds is 4. The quantitative estimate of drug-likeness (QED) is 0.654. The predicted molar refractivity (Wildman–Crippen MR) is 66.8 cm³/mol. The lowest BCUT2D eigenvalue weighted by atomic mass is 10.2. The Morgan fingerprint density at radius 3 is 2.80 bits per heavy atom. The summed E-state index contributed by atoms with van der Waals surface area (Å²) < 4.78 is 26.2. The summed E-state index contributed by atoms with van der Waals surface area (Å²) in [5.41, 5.74) is 5.09. The molecule has 0 aliphatic rings. The number of nitrogens with two attached hydrogens (primary N) is 1. The Morgan fingerprint density at radius 2 is 2.15 bits per heavy atom. The molecule has 3 N–H and O–H groups in total. The second-order valence-corrected chi connectivity index (χ2v) is 3.81. The Hall–Kier alpha value is -2.84. The molecule has 2 rings (SSSR count). The third-order valence-electron chi connectivity index (χ3n) is 2.45. The molecule has 9 heteroatoms. The lowest BCUT2D eigenvalue weighted by Crippen LogP contribution is -2.08. The second-order valence-electron chi connectivity index (χ2n) is 3.81. The zero-order valence-corrected chi connectivity index (χ0v) is 10.0. The van der Waals surface area contributed by atoms with Gasteiger partial charge in [-0.15, -0.1) is 0 Å². The molecule has 0 atom stereocenters. The molecule has 0 aliphatic carbocycles. The van der Waals surface area contributed by atoms with Crippen LogP contribution in [0.2, 0.25) is 0 Å². The van der Waals surface area contributed by atoms with Crippen LogP contribution in [0.15, 0.2) is 24.4 Å². The fourth-order valence-electron chi connectivity index (χ4n) is 1.50. The van der Waals surface area contributed by atoms with Crippen molar-refractivity contribution in [2.75, 3.05) is 11.1 Å².